The van der Waals surface area contributed by atoms with Crippen LogP contribution in [0.25, 0.3) is 0 Å². The lowest BCUT2D eigenvalue weighted by molar-refractivity contribution is 0.320. The number of allylic oxidation sites excluding steroid dienone is 4. The van der Waals surface area contributed by atoms with Crippen LogP contribution < -0.4 is 4.72 Å². The summed E-state index contributed by atoms with van der Waals surface area (Å²) < 4.78 is 26.8. The van der Waals surface area contributed by atoms with Crippen LogP contribution in [0.4, 0.5) is 0 Å². The fourth-order valence-corrected chi connectivity index (χ4v) is 3.37. The Bertz CT molecular complexity index is 821. The van der Waals surface area contributed by atoms with Gasteiger partial charge in [0.2, 0.25) is 0 Å². The first-order valence-corrected chi connectivity index (χ1v) is 7.90. The third-order valence-corrected chi connectivity index (χ3v) is 4.60. The van der Waals surface area contributed by atoms with Crippen LogP contribution in [0.5, 0.6) is 5.75 Å². The van der Waals surface area contributed by atoms with Gasteiger partial charge in [-0.1, -0.05) is 34.4 Å². The Balaban J connectivity index is 2.43. The van der Waals surface area contributed by atoms with E-state index in [1.165, 1.54) is 18.2 Å². The summed E-state index contributed by atoms with van der Waals surface area (Å²) >= 11 is 11.4. The smallest absolute Gasteiger partial charge is 0.262 e. The summed E-state index contributed by atoms with van der Waals surface area (Å²) in [4.78, 5) is -0.292. The minimum absolute atomic E-state index is 0.0877. The molecule has 10 heteroatoms. The van der Waals surface area contributed by atoms with Gasteiger partial charge in [-0.2, -0.15) is 0 Å². The number of sulfonamides is 1. The standard InChI is InChI=1S/C12H9Cl2N3O4S/c13-7-4-6(5-8(14)12(7)18)22(20,21)17-10-3-1-2-9(15)11(10)16-19/h1-5,15,17-19H/b15-9?,16-11+. The number of benzene rings is 1. The lowest BCUT2D eigenvalue weighted by Crippen LogP contribution is -2.31. The van der Waals surface area contributed by atoms with Crippen LogP contribution in [0.3, 0.4) is 0 Å². The second-order valence-electron chi connectivity index (χ2n) is 4.14. The van der Waals surface area contributed by atoms with Crippen molar-refractivity contribution in [2.45, 2.75) is 4.90 Å². The largest absolute Gasteiger partial charge is 0.505 e. The number of phenols is 1. The molecular weight excluding hydrogens is 353 g/mol. The van der Waals surface area contributed by atoms with E-state index in [0.29, 0.717) is 0 Å². The quantitative estimate of drug-likeness (QED) is 0.374. The van der Waals surface area contributed by atoms with Gasteiger partial charge in [0.1, 0.15) is 0 Å². The summed E-state index contributed by atoms with van der Waals surface area (Å²) in [6.07, 6.45) is 4.08. The first kappa shape index (κ1) is 16.3. The normalized spacial score (nSPS) is 16.7. The minimum Gasteiger partial charge on any atom is -0.505 e. The fourth-order valence-electron chi connectivity index (χ4n) is 1.63. The van der Waals surface area contributed by atoms with Crippen LogP contribution in [0.2, 0.25) is 10.0 Å². The number of phenolic OH excluding ortho intramolecular Hbond substituents is 1. The van der Waals surface area contributed by atoms with Crippen molar-refractivity contribution in [2.24, 2.45) is 5.16 Å². The van der Waals surface area contributed by atoms with Gasteiger partial charge < -0.3 is 10.3 Å². The molecule has 2 rings (SSSR count). The lowest BCUT2D eigenvalue weighted by atomic mass is 10.1. The maximum atomic E-state index is 12.3. The van der Waals surface area contributed by atoms with Crippen molar-refractivity contribution in [1.82, 2.24) is 4.72 Å². The van der Waals surface area contributed by atoms with Gasteiger partial charge in [0.15, 0.2) is 11.5 Å². The summed E-state index contributed by atoms with van der Waals surface area (Å²) in [5.41, 5.74) is -0.484. The van der Waals surface area contributed by atoms with Crippen molar-refractivity contribution in [3.63, 3.8) is 0 Å². The molecule has 0 unspecified atom stereocenters. The number of nitrogens with one attached hydrogen (secondary N) is 2. The molecular formula is C12H9Cl2N3O4S. The number of halogens is 2. The highest BCUT2D eigenvalue weighted by molar-refractivity contribution is 7.89. The monoisotopic (exact) mass is 361 g/mol. The van der Waals surface area contributed by atoms with Gasteiger partial charge in [-0.25, -0.2) is 8.42 Å². The molecule has 0 saturated heterocycles. The predicted molar refractivity (Wildman–Crippen MR) is 82.6 cm³/mol. The molecule has 0 saturated carbocycles. The van der Waals surface area contributed by atoms with Crippen molar-refractivity contribution in [3.8, 4) is 5.75 Å². The van der Waals surface area contributed by atoms with Crippen LogP contribution in [0.1, 0.15) is 0 Å². The SMILES string of the molecule is N=C1C=CC=C(NS(=O)(=O)c2cc(Cl)c(O)c(Cl)c2)/C1=N/O. The molecule has 1 aromatic rings. The van der Waals surface area contributed by atoms with Gasteiger partial charge >= 0.3 is 0 Å². The van der Waals surface area contributed by atoms with E-state index in [2.05, 4.69) is 9.88 Å². The molecule has 0 spiro atoms. The molecule has 4 N–H and O–H groups in total. The van der Waals surface area contributed by atoms with Crippen molar-refractivity contribution in [2.75, 3.05) is 0 Å². The Hall–Kier alpha value is -2.03. The number of nitrogens with zero attached hydrogens (tertiary/aromatic N) is 1. The molecule has 7 nitrogen and oxygen atoms in total. The van der Waals surface area contributed by atoms with Gasteiger partial charge in [-0.3, -0.25) is 10.1 Å². The van der Waals surface area contributed by atoms with Crippen molar-refractivity contribution >= 4 is 44.6 Å². The average Bonchev–Trinajstić information content (AvgIpc) is 2.44. The molecule has 0 bridgehead atoms. The highest BCUT2D eigenvalue weighted by atomic mass is 35.5. The summed E-state index contributed by atoms with van der Waals surface area (Å²) in [6.45, 7) is 0. The van der Waals surface area contributed by atoms with Crippen LogP contribution in [-0.4, -0.2) is 30.2 Å². The van der Waals surface area contributed by atoms with Crippen molar-refractivity contribution in [1.29, 1.82) is 5.41 Å². The Kier molecular flexibility index (Phi) is 4.45. The zero-order valence-electron chi connectivity index (χ0n) is 10.7. The van der Waals surface area contributed by atoms with Gasteiger partial charge in [-0.15, -0.1) is 0 Å². The van der Waals surface area contributed by atoms with Crippen LogP contribution in [-0.2, 0) is 10.0 Å². The summed E-state index contributed by atoms with van der Waals surface area (Å²) in [5, 5.41) is 28.3. The van der Waals surface area contributed by atoms with E-state index in [1.807, 2.05) is 0 Å². The van der Waals surface area contributed by atoms with E-state index in [4.69, 9.17) is 33.8 Å². The molecule has 0 amide bonds. The molecule has 0 fully saturated rings. The molecule has 0 heterocycles. The predicted octanol–water partition coefficient (Wildman–Crippen LogP) is 2.28. The first-order valence-electron chi connectivity index (χ1n) is 5.67. The van der Waals surface area contributed by atoms with E-state index in [-0.39, 0.29) is 32.1 Å². The Labute approximate surface area is 135 Å². The van der Waals surface area contributed by atoms with E-state index < -0.39 is 15.8 Å². The fraction of sp³-hybridized carbons (Fsp3) is 0. The molecule has 0 radical (unpaired) electrons. The minimum atomic E-state index is -4.11. The van der Waals surface area contributed by atoms with E-state index in [1.54, 1.807) is 0 Å². The highest BCUT2D eigenvalue weighted by Crippen LogP contribution is 2.34. The molecule has 0 aliphatic heterocycles. The Morgan fingerprint density at radius 2 is 1.82 bits per heavy atom. The average molecular weight is 362 g/mol. The van der Waals surface area contributed by atoms with Gasteiger partial charge in [0.25, 0.3) is 10.0 Å². The summed E-state index contributed by atoms with van der Waals surface area (Å²) in [7, 11) is -4.11. The molecule has 1 aromatic carbocycles. The molecule has 1 aliphatic rings. The van der Waals surface area contributed by atoms with Crippen LogP contribution in [0.15, 0.2) is 46.1 Å². The second-order valence-corrected chi connectivity index (χ2v) is 6.64. The number of hydrogen-bond donors (Lipinski definition) is 4. The summed E-state index contributed by atoms with van der Waals surface area (Å²) in [5.74, 6) is -0.429. The first-order chi connectivity index (χ1) is 10.3. The molecule has 0 aromatic heterocycles. The molecule has 22 heavy (non-hydrogen) atoms. The third kappa shape index (κ3) is 3.08. The van der Waals surface area contributed by atoms with Crippen molar-refractivity contribution < 1.29 is 18.7 Å². The van der Waals surface area contributed by atoms with Crippen LogP contribution >= 0.6 is 23.2 Å². The second kappa shape index (κ2) is 5.99. The number of rotatable bonds is 3. The van der Waals surface area contributed by atoms with E-state index >= 15 is 0 Å². The maximum Gasteiger partial charge on any atom is 0.262 e. The van der Waals surface area contributed by atoms with E-state index in [0.717, 1.165) is 12.1 Å². The molecule has 0 atom stereocenters. The zero-order valence-corrected chi connectivity index (χ0v) is 13.0. The Morgan fingerprint density at radius 1 is 1.23 bits per heavy atom. The third-order valence-electron chi connectivity index (χ3n) is 2.68. The topological polar surface area (TPSA) is 123 Å². The van der Waals surface area contributed by atoms with Gasteiger partial charge in [0, 0.05) is 0 Å². The van der Waals surface area contributed by atoms with Crippen molar-refractivity contribution in [3.05, 3.63) is 46.1 Å². The maximum absolute atomic E-state index is 12.3. The van der Waals surface area contributed by atoms with Gasteiger partial charge in [0.05, 0.1) is 26.3 Å². The number of oxime groups is 1. The van der Waals surface area contributed by atoms with Gasteiger partial charge in [-0.05, 0) is 24.3 Å². The highest BCUT2D eigenvalue weighted by Gasteiger charge is 2.23. The van der Waals surface area contributed by atoms with E-state index in [9.17, 15) is 13.5 Å². The number of aromatic hydroxyl groups is 1. The van der Waals surface area contributed by atoms with Crippen LogP contribution in [0, 0.1) is 5.41 Å². The Morgan fingerprint density at radius 3 is 2.36 bits per heavy atom. The molecule has 1 aliphatic carbocycles. The summed E-state index contributed by atoms with van der Waals surface area (Å²) in [6, 6.07) is 2.04. The zero-order chi connectivity index (χ0) is 16.5. The lowest BCUT2D eigenvalue weighted by Gasteiger charge is -2.15. The number of hydrogen-bond acceptors (Lipinski definition) is 6. The molecule has 116 valence electrons.